The first kappa shape index (κ1) is 24.8. The molecule has 4 amide bonds. The van der Waals surface area contributed by atoms with Crippen molar-refractivity contribution in [3.63, 3.8) is 0 Å². The van der Waals surface area contributed by atoms with Gasteiger partial charge in [-0.05, 0) is 12.8 Å². The average molecular weight is 402 g/mol. The fraction of sp³-hybridized carbons (Fsp3) is 0.625. The maximum absolute atomic E-state index is 11.4. The summed E-state index contributed by atoms with van der Waals surface area (Å²) in [4.78, 5) is 75.3. The molecule has 0 spiro atoms. The summed E-state index contributed by atoms with van der Waals surface area (Å²) in [5.41, 5.74) is 13.6. The van der Waals surface area contributed by atoms with Crippen molar-refractivity contribution in [3.05, 3.63) is 0 Å². The van der Waals surface area contributed by atoms with Crippen molar-refractivity contribution in [2.75, 3.05) is 0 Å². The molecule has 6 N–H and O–H groups in total. The summed E-state index contributed by atoms with van der Waals surface area (Å²) < 4.78 is 0. The lowest BCUT2D eigenvalue weighted by Gasteiger charge is -2.06. The van der Waals surface area contributed by atoms with E-state index in [0.717, 1.165) is 0 Å². The summed E-state index contributed by atoms with van der Waals surface area (Å²) in [5, 5.41) is 0. The zero-order chi connectivity index (χ0) is 21.4. The number of nitrogens with one attached hydrogen (secondary N) is 2. The van der Waals surface area contributed by atoms with Crippen molar-refractivity contribution >= 4 is 35.6 Å². The molecular formula is C16H26N4O8. The maximum atomic E-state index is 11.4. The summed E-state index contributed by atoms with van der Waals surface area (Å²) in [7, 11) is 0. The van der Waals surface area contributed by atoms with E-state index in [-0.39, 0.29) is 38.5 Å². The van der Waals surface area contributed by atoms with Crippen LogP contribution >= 0.6 is 0 Å². The third-order valence-electron chi connectivity index (χ3n) is 3.27. The Hall–Kier alpha value is -3.18. The third-order valence-corrected chi connectivity index (χ3v) is 3.27. The van der Waals surface area contributed by atoms with Crippen LogP contribution in [0.3, 0.4) is 0 Å². The lowest BCUT2D eigenvalue weighted by Crippen LogP contribution is -2.28. The number of carbonyl (C=O) groups excluding carboxylic acids is 6. The maximum Gasteiger partial charge on any atom is 0.332 e. The van der Waals surface area contributed by atoms with Crippen molar-refractivity contribution in [2.45, 2.75) is 64.2 Å². The van der Waals surface area contributed by atoms with Crippen LogP contribution in [0.15, 0.2) is 0 Å². The number of amides is 4. The van der Waals surface area contributed by atoms with Gasteiger partial charge in [-0.15, -0.1) is 0 Å². The number of nitrogens with two attached hydrogens (primary N) is 2. The van der Waals surface area contributed by atoms with E-state index in [4.69, 9.17) is 11.5 Å². The Labute approximate surface area is 161 Å². The molecule has 0 bridgehead atoms. The highest BCUT2D eigenvalue weighted by Crippen LogP contribution is 2.06. The van der Waals surface area contributed by atoms with Crippen molar-refractivity contribution in [1.29, 1.82) is 0 Å². The van der Waals surface area contributed by atoms with Gasteiger partial charge in [0, 0.05) is 38.5 Å². The Balaban J connectivity index is 3.59. The number of hydroxylamine groups is 2. The summed E-state index contributed by atoms with van der Waals surface area (Å²) in [6.07, 6.45) is 1.84. The predicted octanol–water partition coefficient (Wildman–Crippen LogP) is -0.993. The second-order valence-corrected chi connectivity index (χ2v) is 5.85. The van der Waals surface area contributed by atoms with Crippen molar-refractivity contribution in [2.24, 2.45) is 11.5 Å². The van der Waals surface area contributed by atoms with Crippen LogP contribution in [0.4, 0.5) is 0 Å². The zero-order valence-corrected chi connectivity index (χ0v) is 15.5. The van der Waals surface area contributed by atoms with Gasteiger partial charge >= 0.3 is 11.9 Å². The summed E-state index contributed by atoms with van der Waals surface area (Å²) >= 11 is 0. The molecule has 0 unspecified atom stereocenters. The van der Waals surface area contributed by atoms with Crippen LogP contribution in [0.1, 0.15) is 64.2 Å². The molecule has 28 heavy (non-hydrogen) atoms. The molecule has 158 valence electrons. The van der Waals surface area contributed by atoms with Crippen LogP contribution in [0.5, 0.6) is 0 Å². The Kier molecular flexibility index (Phi) is 13.2. The second kappa shape index (κ2) is 14.9. The van der Waals surface area contributed by atoms with Gasteiger partial charge in [-0.2, -0.15) is 11.0 Å². The van der Waals surface area contributed by atoms with E-state index in [1.165, 1.54) is 0 Å². The molecule has 0 saturated carbocycles. The number of carbonyl (C=O) groups is 6. The molecular weight excluding hydrogens is 376 g/mol. The molecule has 0 aliphatic carbocycles. The van der Waals surface area contributed by atoms with Crippen molar-refractivity contribution < 1.29 is 38.4 Å². The van der Waals surface area contributed by atoms with Gasteiger partial charge in [-0.1, -0.05) is 12.8 Å². The second-order valence-electron chi connectivity index (χ2n) is 5.85. The van der Waals surface area contributed by atoms with E-state index in [1.807, 2.05) is 11.0 Å². The number of hydrogen-bond acceptors (Lipinski definition) is 8. The summed E-state index contributed by atoms with van der Waals surface area (Å²) in [6.45, 7) is 0. The van der Waals surface area contributed by atoms with E-state index in [9.17, 15) is 28.8 Å². The number of unbranched alkanes of at least 4 members (excludes halogenated alkanes) is 3. The molecule has 0 fully saturated rings. The molecule has 0 aromatic carbocycles. The van der Waals surface area contributed by atoms with Gasteiger partial charge in [0.15, 0.2) is 0 Å². The minimum atomic E-state index is -0.629. The first-order chi connectivity index (χ1) is 13.2. The Bertz CT molecular complexity index is 529. The highest BCUT2D eigenvalue weighted by Gasteiger charge is 2.10. The van der Waals surface area contributed by atoms with Crippen LogP contribution in [0.25, 0.3) is 0 Å². The van der Waals surface area contributed by atoms with E-state index in [1.54, 1.807) is 0 Å². The Morgan fingerprint density at radius 2 is 0.893 bits per heavy atom. The smallest absolute Gasteiger partial charge is 0.332 e. The Morgan fingerprint density at radius 3 is 1.21 bits per heavy atom. The monoisotopic (exact) mass is 402 g/mol. The average Bonchev–Trinajstić information content (AvgIpc) is 2.63. The van der Waals surface area contributed by atoms with Gasteiger partial charge in [0.1, 0.15) is 0 Å². The molecule has 12 nitrogen and oxygen atoms in total. The first-order valence-electron chi connectivity index (χ1n) is 8.74. The lowest BCUT2D eigenvalue weighted by atomic mass is 10.1. The van der Waals surface area contributed by atoms with E-state index >= 15 is 0 Å². The number of primary amides is 2. The minimum absolute atomic E-state index is 0.0798. The molecule has 12 heteroatoms. The van der Waals surface area contributed by atoms with Gasteiger partial charge in [-0.25, -0.2) is 9.59 Å². The molecule has 0 aliphatic heterocycles. The molecule has 0 rings (SSSR count). The van der Waals surface area contributed by atoms with E-state index < -0.39 is 35.6 Å². The van der Waals surface area contributed by atoms with Crippen LogP contribution < -0.4 is 22.4 Å². The first-order valence-corrected chi connectivity index (χ1v) is 8.74. The van der Waals surface area contributed by atoms with E-state index in [0.29, 0.717) is 25.7 Å². The van der Waals surface area contributed by atoms with Gasteiger partial charge in [-0.3, -0.25) is 19.2 Å². The van der Waals surface area contributed by atoms with Gasteiger partial charge in [0.25, 0.3) is 11.8 Å². The topological polar surface area (TPSA) is 197 Å². The van der Waals surface area contributed by atoms with E-state index in [2.05, 4.69) is 9.68 Å². The lowest BCUT2D eigenvalue weighted by molar-refractivity contribution is -0.158. The van der Waals surface area contributed by atoms with Crippen molar-refractivity contribution in [3.8, 4) is 0 Å². The van der Waals surface area contributed by atoms with Gasteiger partial charge in [0.05, 0.1) is 0 Å². The van der Waals surface area contributed by atoms with Crippen LogP contribution in [-0.4, -0.2) is 35.6 Å². The van der Waals surface area contributed by atoms with Crippen molar-refractivity contribution in [1.82, 2.24) is 11.0 Å². The predicted molar refractivity (Wildman–Crippen MR) is 93.0 cm³/mol. The quantitative estimate of drug-likeness (QED) is 0.222. The molecule has 0 aromatic heterocycles. The molecule has 0 aromatic rings. The molecule has 0 saturated heterocycles. The fourth-order valence-corrected chi connectivity index (χ4v) is 1.80. The molecule has 0 heterocycles. The molecule has 0 aliphatic rings. The van der Waals surface area contributed by atoms with Crippen LogP contribution in [0, 0.1) is 0 Å². The number of rotatable bonds is 13. The zero-order valence-electron chi connectivity index (χ0n) is 15.5. The Morgan fingerprint density at radius 1 is 0.536 bits per heavy atom. The summed E-state index contributed by atoms with van der Waals surface area (Å²) in [6, 6.07) is 0. The van der Waals surface area contributed by atoms with Gasteiger partial charge in [0.2, 0.25) is 11.8 Å². The minimum Gasteiger partial charge on any atom is -0.370 e. The highest BCUT2D eigenvalue weighted by atomic mass is 16.7. The van der Waals surface area contributed by atoms with Crippen LogP contribution in [-0.2, 0) is 38.4 Å². The molecule has 0 radical (unpaired) electrons. The standard InChI is InChI=1S/C16H26N4O8/c17-11(21)7-9-13(23)19-27-15(25)5-3-1-2-4-6-16(26)28-20-14(24)10-8-12(18)22/h1-10H2,(H2,17,21)(H2,18,22)(H,19,23)(H,20,24). The third kappa shape index (κ3) is 16.3. The fourth-order valence-electron chi connectivity index (χ4n) is 1.80. The largest absolute Gasteiger partial charge is 0.370 e. The number of hydrogen-bond donors (Lipinski definition) is 4. The van der Waals surface area contributed by atoms with Gasteiger partial charge < -0.3 is 21.1 Å². The summed E-state index contributed by atoms with van der Waals surface area (Å²) in [5.74, 6) is -3.73. The SMILES string of the molecule is NC(=O)CCC(=O)NOC(=O)CCCCCCC(=O)ONC(=O)CCC(N)=O. The van der Waals surface area contributed by atoms with Crippen LogP contribution in [0.2, 0.25) is 0 Å². The molecule has 0 atom stereocenters. The normalized spacial score (nSPS) is 9.86. The highest BCUT2D eigenvalue weighted by molar-refractivity contribution is 5.83.